The molecule has 0 bridgehead atoms. The van der Waals surface area contributed by atoms with Gasteiger partial charge in [0, 0.05) is 18.5 Å². The summed E-state index contributed by atoms with van der Waals surface area (Å²) >= 11 is 0. The molecule has 0 radical (unpaired) electrons. The Labute approximate surface area is 127 Å². The number of hydrogen-bond acceptors (Lipinski definition) is 2. The summed E-state index contributed by atoms with van der Waals surface area (Å²) in [7, 11) is 0. The van der Waals surface area contributed by atoms with E-state index in [1.165, 1.54) is 18.4 Å². The van der Waals surface area contributed by atoms with Crippen molar-refractivity contribution in [2.45, 2.75) is 38.6 Å². The Morgan fingerprint density at radius 2 is 2.10 bits per heavy atom. The Morgan fingerprint density at radius 3 is 2.76 bits per heavy atom. The van der Waals surface area contributed by atoms with Crippen molar-refractivity contribution in [2.24, 2.45) is 11.8 Å². The van der Waals surface area contributed by atoms with Crippen LogP contribution in [-0.4, -0.2) is 36.5 Å². The molecule has 21 heavy (non-hydrogen) atoms. The van der Waals surface area contributed by atoms with Crippen molar-refractivity contribution in [3.63, 3.8) is 0 Å². The van der Waals surface area contributed by atoms with E-state index in [0.717, 1.165) is 32.5 Å². The SMILES string of the molecule is CC(C(=O)N1CCCC1CCc1ccccc1)C1CNC1. The number of nitrogens with zero attached hydrogens (tertiary/aromatic N) is 1. The number of hydrogen-bond donors (Lipinski definition) is 1. The molecular formula is C18H26N2O. The first-order valence-electron chi connectivity index (χ1n) is 8.31. The van der Waals surface area contributed by atoms with Crippen LogP contribution in [0.15, 0.2) is 30.3 Å². The average Bonchev–Trinajstić information content (AvgIpc) is 2.92. The Hall–Kier alpha value is -1.35. The lowest BCUT2D eigenvalue weighted by molar-refractivity contribution is -0.138. The molecule has 2 aliphatic heterocycles. The minimum atomic E-state index is 0.184. The zero-order chi connectivity index (χ0) is 14.7. The van der Waals surface area contributed by atoms with Crippen molar-refractivity contribution in [2.75, 3.05) is 19.6 Å². The summed E-state index contributed by atoms with van der Waals surface area (Å²) in [5, 5.41) is 3.27. The van der Waals surface area contributed by atoms with Gasteiger partial charge >= 0.3 is 0 Å². The van der Waals surface area contributed by atoms with E-state index < -0.39 is 0 Å². The lowest BCUT2D eigenvalue weighted by atomic mass is 9.87. The van der Waals surface area contributed by atoms with Crippen molar-refractivity contribution >= 4 is 5.91 Å². The molecule has 2 atom stereocenters. The summed E-state index contributed by atoms with van der Waals surface area (Å²) in [6, 6.07) is 11.1. The van der Waals surface area contributed by atoms with Gasteiger partial charge in [-0.2, -0.15) is 0 Å². The molecule has 1 amide bonds. The van der Waals surface area contributed by atoms with E-state index in [9.17, 15) is 4.79 Å². The fourth-order valence-electron chi connectivity index (χ4n) is 3.53. The predicted octanol–water partition coefficient (Wildman–Crippen LogP) is 2.47. The molecule has 0 aliphatic carbocycles. The Balaban J connectivity index is 1.56. The topological polar surface area (TPSA) is 32.3 Å². The second-order valence-electron chi connectivity index (χ2n) is 6.56. The van der Waals surface area contributed by atoms with Crippen LogP contribution >= 0.6 is 0 Å². The fraction of sp³-hybridized carbons (Fsp3) is 0.611. The van der Waals surface area contributed by atoms with Crippen LogP contribution in [-0.2, 0) is 11.2 Å². The van der Waals surface area contributed by atoms with E-state index in [0.29, 0.717) is 17.9 Å². The Kier molecular flexibility index (Phi) is 4.59. The smallest absolute Gasteiger partial charge is 0.226 e. The molecule has 0 saturated carbocycles. The second kappa shape index (κ2) is 6.61. The molecule has 3 rings (SSSR count). The minimum absolute atomic E-state index is 0.184. The molecule has 1 N–H and O–H groups in total. The standard InChI is InChI=1S/C18H26N2O/c1-14(16-12-19-13-16)18(21)20-11-5-8-17(20)10-9-15-6-3-2-4-7-15/h2-4,6-7,14,16-17,19H,5,8-13H2,1H3. The van der Waals surface area contributed by atoms with Crippen LogP contribution in [0.25, 0.3) is 0 Å². The molecule has 114 valence electrons. The van der Waals surface area contributed by atoms with Crippen molar-refractivity contribution in [3.8, 4) is 0 Å². The molecule has 0 spiro atoms. The Morgan fingerprint density at radius 1 is 1.33 bits per heavy atom. The van der Waals surface area contributed by atoms with E-state index in [4.69, 9.17) is 0 Å². The number of likely N-dealkylation sites (tertiary alicyclic amines) is 1. The van der Waals surface area contributed by atoms with E-state index >= 15 is 0 Å². The van der Waals surface area contributed by atoms with Gasteiger partial charge in [-0.25, -0.2) is 0 Å². The van der Waals surface area contributed by atoms with Gasteiger partial charge in [-0.05, 0) is 50.3 Å². The fourth-order valence-corrected chi connectivity index (χ4v) is 3.53. The first-order valence-corrected chi connectivity index (χ1v) is 8.31. The van der Waals surface area contributed by atoms with Crippen molar-refractivity contribution in [1.29, 1.82) is 0 Å². The largest absolute Gasteiger partial charge is 0.339 e. The molecule has 2 fully saturated rings. The minimum Gasteiger partial charge on any atom is -0.339 e. The highest BCUT2D eigenvalue weighted by Crippen LogP contribution is 2.27. The molecule has 1 aromatic carbocycles. The van der Waals surface area contributed by atoms with Crippen LogP contribution < -0.4 is 5.32 Å². The molecule has 2 aliphatic rings. The van der Waals surface area contributed by atoms with Crippen LogP contribution in [0.1, 0.15) is 31.7 Å². The summed E-state index contributed by atoms with van der Waals surface area (Å²) in [5.41, 5.74) is 1.38. The molecular weight excluding hydrogens is 260 g/mol. The highest BCUT2D eigenvalue weighted by Gasteiger charge is 2.36. The quantitative estimate of drug-likeness (QED) is 0.902. The summed E-state index contributed by atoms with van der Waals surface area (Å²) in [6.07, 6.45) is 4.52. The van der Waals surface area contributed by atoms with Gasteiger partial charge in [-0.15, -0.1) is 0 Å². The normalized spacial score (nSPS) is 23.9. The maximum absolute atomic E-state index is 12.7. The molecule has 2 heterocycles. The van der Waals surface area contributed by atoms with Gasteiger partial charge in [0.1, 0.15) is 0 Å². The van der Waals surface area contributed by atoms with E-state index in [1.807, 2.05) is 0 Å². The lowest BCUT2D eigenvalue weighted by Crippen LogP contribution is -2.51. The molecule has 3 heteroatoms. The van der Waals surface area contributed by atoms with E-state index in [1.54, 1.807) is 0 Å². The van der Waals surface area contributed by atoms with Gasteiger partial charge in [0.25, 0.3) is 0 Å². The van der Waals surface area contributed by atoms with Gasteiger partial charge in [0.2, 0.25) is 5.91 Å². The molecule has 2 saturated heterocycles. The molecule has 1 aromatic rings. The number of nitrogens with one attached hydrogen (secondary N) is 1. The number of carbonyl (C=O) groups is 1. The maximum Gasteiger partial charge on any atom is 0.226 e. The van der Waals surface area contributed by atoms with Gasteiger partial charge in [0.15, 0.2) is 0 Å². The summed E-state index contributed by atoms with van der Waals surface area (Å²) in [4.78, 5) is 14.9. The highest BCUT2D eigenvalue weighted by molar-refractivity contribution is 5.79. The molecule has 0 aromatic heterocycles. The highest BCUT2D eigenvalue weighted by atomic mass is 16.2. The maximum atomic E-state index is 12.7. The number of benzene rings is 1. The summed E-state index contributed by atoms with van der Waals surface area (Å²) in [5.74, 6) is 1.12. The average molecular weight is 286 g/mol. The zero-order valence-electron chi connectivity index (χ0n) is 12.9. The van der Waals surface area contributed by atoms with Crippen molar-refractivity contribution < 1.29 is 4.79 Å². The van der Waals surface area contributed by atoms with Gasteiger partial charge < -0.3 is 10.2 Å². The van der Waals surface area contributed by atoms with E-state index in [2.05, 4.69) is 47.5 Å². The monoisotopic (exact) mass is 286 g/mol. The van der Waals surface area contributed by atoms with Crippen LogP contribution in [0.2, 0.25) is 0 Å². The third-order valence-corrected chi connectivity index (χ3v) is 5.18. The molecule has 2 unspecified atom stereocenters. The van der Waals surface area contributed by atoms with Gasteiger partial charge in [-0.3, -0.25) is 4.79 Å². The first-order chi connectivity index (χ1) is 10.3. The first kappa shape index (κ1) is 14.6. The van der Waals surface area contributed by atoms with E-state index in [-0.39, 0.29) is 5.92 Å². The van der Waals surface area contributed by atoms with Crippen LogP contribution in [0.3, 0.4) is 0 Å². The summed E-state index contributed by atoms with van der Waals surface area (Å²) < 4.78 is 0. The number of rotatable bonds is 5. The second-order valence-corrected chi connectivity index (χ2v) is 6.56. The third-order valence-electron chi connectivity index (χ3n) is 5.18. The number of carbonyl (C=O) groups excluding carboxylic acids is 1. The Bertz CT molecular complexity index is 469. The zero-order valence-corrected chi connectivity index (χ0v) is 12.9. The lowest BCUT2D eigenvalue weighted by Gasteiger charge is -2.35. The molecule has 3 nitrogen and oxygen atoms in total. The van der Waals surface area contributed by atoms with Crippen molar-refractivity contribution in [3.05, 3.63) is 35.9 Å². The number of aryl methyl sites for hydroxylation is 1. The van der Waals surface area contributed by atoms with Gasteiger partial charge in [-0.1, -0.05) is 37.3 Å². The van der Waals surface area contributed by atoms with Crippen LogP contribution in [0.5, 0.6) is 0 Å². The van der Waals surface area contributed by atoms with Crippen molar-refractivity contribution in [1.82, 2.24) is 10.2 Å². The number of amides is 1. The van der Waals surface area contributed by atoms with Gasteiger partial charge in [0.05, 0.1) is 0 Å². The van der Waals surface area contributed by atoms with Crippen LogP contribution in [0, 0.1) is 11.8 Å². The van der Waals surface area contributed by atoms with Crippen LogP contribution in [0.4, 0.5) is 0 Å². The predicted molar refractivity (Wildman–Crippen MR) is 85.0 cm³/mol. The third kappa shape index (κ3) is 3.29. The summed E-state index contributed by atoms with van der Waals surface area (Å²) in [6.45, 7) is 5.09.